The highest BCUT2D eigenvalue weighted by Gasteiger charge is 2.15. The maximum absolute atomic E-state index is 10.6. The number of hydrogen-bond acceptors (Lipinski definition) is 3. The fraction of sp³-hybridized carbons (Fsp3) is 0.167. The van der Waals surface area contributed by atoms with Gasteiger partial charge in [-0.1, -0.05) is 18.2 Å². The number of ether oxygens (including phenoxy) is 1. The van der Waals surface area contributed by atoms with E-state index < -0.39 is 0 Å². The zero-order chi connectivity index (χ0) is 11.0. The Hall–Kier alpha value is -2.10. The lowest BCUT2D eigenvalue weighted by atomic mass is 10.2. The number of hydrogen-bond donors (Lipinski definition) is 0. The molecule has 0 N–H and O–H groups in total. The highest BCUT2D eigenvalue weighted by molar-refractivity contribution is 5.71. The van der Waals surface area contributed by atoms with Crippen molar-refractivity contribution < 1.29 is 9.53 Å². The van der Waals surface area contributed by atoms with Crippen molar-refractivity contribution in [1.82, 2.24) is 9.78 Å². The molecule has 2 heterocycles. The summed E-state index contributed by atoms with van der Waals surface area (Å²) in [7, 11) is 0. The van der Waals surface area contributed by atoms with Crippen LogP contribution < -0.4 is 4.74 Å². The Morgan fingerprint density at radius 2 is 2.25 bits per heavy atom. The predicted molar refractivity (Wildman–Crippen MR) is 57.5 cm³/mol. The molecule has 0 saturated carbocycles. The smallest absolute Gasteiger partial charge is 0.170 e. The van der Waals surface area contributed by atoms with Crippen LogP contribution in [0.3, 0.4) is 0 Å². The molecule has 0 saturated heterocycles. The standard InChI is InChI=1S/C12H10N2O2/c15-7-10-5-11-8-16-12-4-2-1-3-9(12)6-14(11)13-10/h1-5,7H,6,8H2. The van der Waals surface area contributed by atoms with Gasteiger partial charge in [0.15, 0.2) is 6.29 Å². The summed E-state index contributed by atoms with van der Waals surface area (Å²) < 4.78 is 7.47. The molecule has 3 rings (SSSR count). The van der Waals surface area contributed by atoms with Gasteiger partial charge in [-0.15, -0.1) is 0 Å². The molecule has 1 aliphatic heterocycles. The first-order valence-corrected chi connectivity index (χ1v) is 5.09. The van der Waals surface area contributed by atoms with Gasteiger partial charge >= 0.3 is 0 Å². The summed E-state index contributed by atoms with van der Waals surface area (Å²) >= 11 is 0. The minimum Gasteiger partial charge on any atom is -0.487 e. The molecule has 1 aromatic heterocycles. The van der Waals surface area contributed by atoms with Gasteiger partial charge in [-0.2, -0.15) is 5.10 Å². The summed E-state index contributed by atoms with van der Waals surface area (Å²) in [5.74, 6) is 0.889. The van der Waals surface area contributed by atoms with E-state index >= 15 is 0 Å². The summed E-state index contributed by atoms with van der Waals surface area (Å²) in [6.45, 7) is 1.11. The van der Waals surface area contributed by atoms with Crippen LogP contribution in [0.25, 0.3) is 0 Å². The van der Waals surface area contributed by atoms with Crippen LogP contribution in [0.15, 0.2) is 30.3 Å². The average Bonchev–Trinajstić information content (AvgIpc) is 2.63. The van der Waals surface area contributed by atoms with Crippen molar-refractivity contribution in [1.29, 1.82) is 0 Å². The van der Waals surface area contributed by atoms with Gasteiger partial charge in [0.1, 0.15) is 18.1 Å². The molecule has 2 aromatic rings. The Kier molecular flexibility index (Phi) is 1.99. The van der Waals surface area contributed by atoms with Crippen molar-refractivity contribution in [2.24, 2.45) is 0 Å². The molecule has 80 valence electrons. The number of fused-ring (bicyclic) bond motifs is 2. The first kappa shape index (κ1) is 9.15. The molecule has 1 aromatic carbocycles. The van der Waals surface area contributed by atoms with Crippen LogP contribution in [-0.2, 0) is 13.2 Å². The van der Waals surface area contributed by atoms with E-state index in [0.29, 0.717) is 18.8 Å². The topological polar surface area (TPSA) is 44.1 Å². The van der Waals surface area contributed by atoms with Gasteiger partial charge in [-0.25, -0.2) is 0 Å². The van der Waals surface area contributed by atoms with Crippen LogP contribution >= 0.6 is 0 Å². The quantitative estimate of drug-likeness (QED) is 0.678. The second-order valence-electron chi connectivity index (χ2n) is 3.73. The molecule has 4 heteroatoms. The number of carbonyl (C=O) groups is 1. The second-order valence-corrected chi connectivity index (χ2v) is 3.73. The van der Waals surface area contributed by atoms with Crippen LogP contribution in [0, 0.1) is 0 Å². The Labute approximate surface area is 92.5 Å². The van der Waals surface area contributed by atoms with Gasteiger partial charge in [-0.05, 0) is 12.1 Å². The van der Waals surface area contributed by atoms with Crippen molar-refractivity contribution in [3.8, 4) is 5.75 Å². The molecular weight excluding hydrogens is 204 g/mol. The van der Waals surface area contributed by atoms with E-state index in [9.17, 15) is 4.79 Å². The summed E-state index contributed by atoms with van der Waals surface area (Å²) in [6.07, 6.45) is 0.757. The zero-order valence-electron chi connectivity index (χ0n) is 8.59. The second kappa shape index (κ2) is 3.48. The van der Waals surface area contributed by atoms with Gasteiger partial charge in [0.2, 0.25) is 0 Å². The van der Waals surface area contributed by atoms with Gasteiger partial charge in [0.05, 0.1) is 12.2 Å². The molecule has 0 bridgehead atoms. The third-order valence-corrected chi connectivity index (χ3v) is 2.67. The van der Waals surface area contributed by atoms with Crippen molar-refractivity contribution in [3.05, 3.63) is 47.3 Å². The van der Waals surface area contributed by atoms with Crippen LogP contribution in [0.1, 0.15) is 21.7 Å². The lowest BCUT2D eigenvalue weighted by molar-refractivity contribution is 0.111. The molecule has 0 atom stereocenters. The van der Waals surface area contributed by atoms with Crippen molar-refractivity contribution >= 4 is 6.29 Å². The van der Waals surface area contributed by atoms with Crippen LogP contribution in [0.2, 0.25) is 0 Å². The Morgan fingerprint density at radius 3 is 3.12 bits per heavy atom. The van der Waals surface area contributed by atoms with Crippen LogP contribution in [-0.4, -0.2) is 16.1 Å². The molecule has 0 fully saturated rings. The molecule has 0 amide bonds. The molecule has 0 aliphatic carbocycles. The van der Waals surface area contributed by atoms with E-state index in [2.05, 4.69) is 5.10 Å². The Bertz CT molecular complexity index is 546. The first-order chi connectivity index (χ1) is 7.86. The highest BCUT2D eigenvalue weighted by Crippen LogP contribution is 2.24. The van der Waals surface area contributed by atoms with Gasteiger partial charge < -0.3 is 4.74 Å². The number of carbonyl (C=O) groups excluding carboxylic acids is 1. The number of para-hydroxylation sites is 1. The molecule has 4 nitrogen and oxygen atoms in total. The fourth-order valence-electron chi connectivity index (χ4n) is 1.88. The van der Waals surface area contributed by atoms with E-state index in [4.69, 9.17) is 4.74 Å². The molecule has 16 heavy (non-hydrogen) atoms. The first-order valence-electron chi connectivity index (χ1n) is 5.09. The number of rotatable bonds is 1. The van der Waals surface area contributed by atoms with Crippen molar-refractivity contribution in [3.63, 3.8) is 0 Å². The molecule has 0 spiro atoms. The highest BCUT2D eigenvalue weighted by atomic mass is 16.5. The fourth-order valence-corrected chi connectivity index (χ4v) is 1.88. The third-order valence-electron chi connectivity index (χ3n) is 2.67. The van der Waals surface area contributed by atoms with E-state index in [-0.39, 0.29) is 0 Å². The monoisotopic (exact) mass is 214 g/mol. The number of aldehydes is 1. The van der Waals surface area contributed by atoms with E-state index in [1.807, 2.05) is 28.9 Å². The Balaban J connectivity index is 2.06. The molecular formula is C12H10N2O2. The lowest BCUT2D eigenvalue weighted by Gasteiger charge is -2.04. The van der Waals surface area contributed by atoms with Crippen molar-refractivity contribution in [2.75, 3.05) is 0 Å². The van der Waals surface area contributed by atoms with Crippen molar-refractivity contribution in [2.45, 2.75) is 13.2 Å². The number of aromatic nitrogens is 2. The maximum atomic E-state index is 10.6. The van der Waals surface area contributed by atoms with E-state index in [1.165, 1.54) is 0 Å². The van der Waals surface area contributed by atoms with E-state index in [0.717, 1.165) is 23.3 Å². The van der Waals surface area contributed by atoms with Crippen LogP contribution in [0.4, 0.5) is 0 Å². The normalized spacial score (nSPS) is 13.2. The molecule has 0 radical (unpaired) electrons. The number of benzene rings is 1. The predicted octanol–water partition coefficient (Wildman–Crippen LogP) is 1.64. The van der Waals surface area contributed by atoms with Gasteiger partial charge in [0, 0.05) is 5.56 Å². The largest absolute Gasteiger partial charge is 0.487 e. The summed E-state index contributed by atoms with van der Waals surface area (Å²) in [6, 6.07) is 9.63. The average molecular weight is 214 g/mol. The summed E-state index contributed by atoms with van der Waals surface area (Å²) in [4.78, 5) is 10.6. The van der Waals surface area contributed by atoms with Gasteiger partial charge in [-0.3, -0.25) is 9.48 Å². The maximum Gasteiger partial charge on any atom is 0.170 e. The van der Waals surface area contributed by atoms with E-state index in [1.54, 1.807) is 6.07 Å². The Morgan fingerprint density at radius 1 is 1.38 bits per heavy atom. The molecule has 0 unspecified atom stereocenters. The van der Waals surface area contributed by atoms with Crippen LogP contribution in [0.5, 0.6) is 5.75 Å². The summed E-state index contributed by atoms with van der Waals surface area (Å²) in [5.41, 5.74) is 2.47. The lowest BCUT2D eigenvalue weighted by Crippen LogP contribution is -2.04. The SMILES string of the molecule is O=Cc1cc2n(n1)Cc1ccccc1OC2. The minimum absolute atomic E-state index is 0.456. The number of nitrogens with zero attached hydrogens (tertiary/aromatic N) is 2. The summed E-state index contributed by atoms with van der Waals surface area (Å²) in [5, 5.41) is 4.20. The minimum atomic E-state index is 0.456. The zero-order valence-corrected chi connectivity index (χ0v) is 8.59. The third kappa shape index (κ3) is 1.39. The van der Waals surface area contributed by atoms with Gasteiger partial charge in [0.25, 0.3) is 0 Å². The molecule has 1 aliphatic rings.